The van der Waals surface area contributed by atoms with Crippen LogP contribution in [0.2, 0.25) is 0 Å². The summed E-state index contributed by atoms with van der Waals surface area (Å²) in [5, 5.41) is 3.28. The second kappa shape index (κ2) is 8.15. The van der Waals surface area contributed by atoms with Crippen LogP contribution >= 0.6 is 0 Å². The first-order chi connectivity index (χ1) is 13.9. The Hall–Kier alpha value is -2.40. The van der Waals surface area contributed by atoms with Crippen LogP contribution in [0.5, 0.6) is 5.75 Å². The fourth-order valence-corrected chi connectivity index (χ4v) is 4.44. The van der Waals surface area contributed by atoms with Gasteiger partial charge >= 0.3 is 0 Å². The van der Waals surface area contributed by atoms with E-state index in [1.165, 1.54) is 6.07 Å². The first kappa shape index (κ1) is 19.9. The molecule has 1 saturated heterocycles. The number of amides is 1. The Bertz CT molecular complexity index is 875. The lowest BCUT2D eigenvalue weighted by atomic mass is 9.88. The lowest BCUT2D eigenvalue weighted by molar-refractivity contribution is -0.127. The number of halogens is 1. The zero-order valence-electron chi connectivity index (χ0n) is 17.2. The highest BCUT2D eigenvalue weighted by atomic mass is 19.1. The van der Waals surface area contributed by atoms with Crippen LogP contribution in [0.1, 0.15) is 50.3 Å². The van der Waals surface area contributed by atoms with Crippen LogP contribution in [0, 0.1) is 11.7 Å². The van der Waals surface area contributed by atoms with E-state index in [1.807, 2.05) is 36.4 Å². The molecule has 29 heavy (non-hydrogen) atoms. The molecule has 1 N–H and O–H groups in total. The van der Waals surface area contributed by atoms with E-state index in [0.29, 0.717) is 6.54 Å². The molecule has 0 bridgehead atoms. The van der Waals surface area contributed by atoms with E-state index >= 15 is 0 Å². The van der Waals surface area contributed by atoms with E-state index in [4.69, 9.17) is 4.74 Å². The monoisotopic (exact) mass is 396 g/mol. The Morgan fingerprint density at radius 2 is 1.83 bits per heavy atom. The zero-order chi connectivity index (χ0) is 20.4. The first-order valence-electron chi connectivity index (χ1n) is 10.5. The number of hydrogen-bond acceptors (Lipinski definition) is 3. The van der Waals surface area contributed by atoms with Crippen molar-refractivity contribution in [3.05, 3.63) is 65.5 Å². The second-order valence-corrected chi connectivity index (χ2v) is 8.81. The number of likely N-dealkylation sites (tertiary alicyclic amines) is 1. The summed E-state index contributed by atoms with van der Waals surface area (Å²) in [7, 11) is 0. The van der Waals surface area contributed by atoms with Gasteiger partial charge in [0.15, 0.2) is 0 Å². The molecule has 0 aromatic heterocycles. The molecule has 4 rings (SSSR count). The molecule has 0 saturated carbocycles. The minimum absolute atomic E-state index is 0.00462. The van der Waals surface area contributed by atoms with Gasteiger partial charge in [0.1, 0.15) is 17.2 Å². The Labute approximate surface area is 172 Å². The highest BCUT2D eigenvalue weighted by Crippen LogP contribution is 2.39. The van der Waals surface area contributed by atoms with E-state index < -0.39 is 0 Å². The number of nitrogens with zero attached hydrogens (tertiary/aromatic N) is 1. The molecule has 0 radical (unpaired) electrons. The summed E-state index contributed by atoms with van der Waals surface area (Å²) in [6, 6.07) is 14.8. The van der Waals surface area contributed by atoms with Gasteiger partial charge in [-0.15, -0.1) is 0 Å². The molecular formula is C24H29FN2O2. The second-order valence-electron chi connectivity index (χ2n) is 8.81. The van der Waals surface area contributed by atoms with Crippen molar-refractivity contribution in [2.45, 2.75) is 51.3 Å². The van der Waals surface area contributed by atoms with Crippen molar-refractivity contribution >= 4 is 5.91 Å². The lowest BCUT2D eigenvalue weighted by Gasteiger charge is -2.39. The Morgan fingerprint density at radius 3 is 2.59 bits per heavy atom. The van der Waals surface area contributed by atoms with Crippen molar-refractivity contribution in [1.82, 2.24) is 10.2 Å². The van der Waals surface area contributed by atoms with E-state index in [0.717, 1.165) is 49.2 Å². The van der Waals surface area contributed by atoms with Crippen molar-refractivity contribution in [1.29, 1.82) is 0 Å². The minimum Gasteiger partial charge on any atom is -0.487 e. The molecule has 2 aromatic carbocycles. The van der Waals surface area contributed by atoms with Crippen LogP contribution in [0.25, 0.3) is 0 Å². The number of nitrogens with one attached hydrogen (secondary N) is 1. The molecule has 1 fully saturated rings. The molecule has 2 aromatic rings. The third-order valence-electron chi connectivity index (χ3n) is 6.00. The number of benzene rings is 2. The summed E-state index contributed by atoms with van der Waals surface area (Å²) in [6.07, 6.45) is 2.35. The van der Waals surface area contributed by atoms with Crippen LogP contribution in [0.15, 0.2) is 48.5 Å². The van der Waals surface area contributed by atoms with Gasteiger partial charge in [-0.05, 0) is 51.9 Å². The molecule has 154 valence electrons. The van der Waals surface area contributed by atoms with Crippen molar-refractivity contribution in [3.8, 4) is 5.75 Å². The van der Waals surface area contributed by atoms with Gasteiger partial charge < -0.3 is 10.1 Å². The summed E-state index contributed by atoms with van der Waals surface area (Å²) in [5.41, 5.74) is 1.46. The number of rotatable bonds is 4. The summed E-state index contributed by atoms with van der Waals surface area (Å²) in [5.74, 6) is 0.819. The highest BCUT2D eigenvalue weighted by molar-refractivity contribution is 5.79. The van der Waals surface area contributed by atoms with Crippen LogP contribution in [-0.2, 0) is 11.3 Å². The van der Waals surface area contributed by atoms with E-state index in [-0.39, 0.29) is 29.3 Å². The molecule has 0 aliphatic carbocycles. The van der Waals surface area contributed by atoms with E-state index in [1.54, 1.807) is 6.07 Å². The molecule has 0 unspecified atom stereocenters. The van der Waals surface area contributed by atoms with Gasteiger partial charge in [0.2, 0.25) is 5.91 Å². The van der Waals surface area contributed by atoms with Crippen LogP contribution < -0.4 is 10.1 Å². The van der Waals surface area contributed by atoms with Crippen LogP contribution in [0.4, 0.5) is 4.39 Å². The van der Waals surface area contributed by atoms with Crippen LogP contribution in [-0.4, -0.2) is 29.5 Å². The topological polar surface area (TPSA) is 41.6 Å². The normalized spacial score (nSPS) is 21.8. The van der Waals surface area contributed by atoms with Gasteiger partial charge in [0, 0.05) is 30.0 Å². The number of carbonyl (C=O) groups excluding carboxylic acids is 1. The van der Waals surface area contributed by atoms with Gasteiger partial charge in [-0.3, -0.25) is 9.69 Å². The quantitative estimate of drug-likeness (QED) is 0.830. The summed E-state index contributed by atoms with van der Waals surface area (Å²) >= 11 is 0. The molecule has 2 aliphatic heterocycles. The van der Waals surface area contributed by atoms with E-state index in [2.05, 4.69) is 24.1 Å². The summed E-state index contributed by atoms with van der Waals surface area (Å²) < 4.78 is 20.0. The Balaban J connectivity index is 1.35. The van der Waals surface area contributed by atoms with Crippen molar-refractivity contribution < 1.29 is 13.9 Å². The minimum atomic E-state index is -0.310. The molecule has 1 atom stereocenters. The van der Waals surface area contributed by atoms with Gasteiger partial charge in [-0.25, -0.2) is 4.39 Å². The van der Waals surface area contributed by atoms with Crippen LogP contribution in [0.3, 0.4) is 0 Å². The Morgan fingerprint density at radius 1 is 1.14 bits per heavy atom. The standard InChI is InChI=1S/C24H29FN2O2/c1-24(2)15-21(19-8-4-6-10-22(19)29-24)26-23(28)17-11-13-27(14-12-17)16-18-7-3-5-9-20(18)25/h3-10,17,21H,11-16H2,1-2H3,(H,26,28)/t21-/m1/s1. The zero-order valence-corrected chi connectivity index (χ0v) is 17.2. The fourth-order valence-electron chi connectivity index (χ4n) is 4.44. The number of piperidine rings is 1. The fraction of sp³-hybridized carbons (Fsp3) is 0.458. The summed E-state index contributed by atoms with van der Waals surface area (Å²) in [4.78, 5) is 15.2. The first-order valence-corrected chi connectivity index (χ1v) is 10.5. The molecule has 2 aliphatic rings. The van der Waals surface area contributed by atoms with Gasteiger partial charge in [-0.2, -0.15) is 0 Å². The van der Waals surface area contributed by atoms with Crippen molar-refractivity contribution in [2.24, 2.45) is 5.92 Å². The smallest absolute Gasteiger partial charge is 0.223 e. The third-order valence-corrected chi connectivity index (χ3v) is 6.00. The average Bonchev–Trinajstić information content (AvgIpc) is 2.69. The predicted molar refractivity (Wildman–Crippen MR) is 111 cm³/mol. The SMILES string of the molecule is CC1(C)C[C@@H](NC(=O)C2CCN(Cc3ccccc3F)CC2)c2ccccc2O1. The largest absolute Gasteiger partial charge is 0.487 e. The van der Waals surface area contributed by atoms with Gasteiger partial charge in [0.05, 0.1) is 6.04 Å². The molecule has 0 spiro atoms. The molecule has 5 heteroatoms. The lowest BCUT2D eigenvalue weighted by Crippen LogP contribution is -2.45. The number of hydrogen-bond donors (Lipinski definition) is 1. The van der Waals surface area contributed by atoms with E-state index in [9.17, 15) is 9.18 Å². The average molecular weight is 397 g/mol. The number of ether oxygens (including phenoxy) is 1. The van der Waals surface area contributed by atoms with Gasteiger partial charge in [0.25, 0.3) is 0 Å². The highest BCUT2D eigenvalue weighted by Gasteiger charge is 2.35. The number of carbonyl (C=O) groups is 1. The van der Waals surface area contributed by atoms with Gasteiger partial charge in [-0.1, -0.05) is 36.4 Å². The summed E-state index contributed by atoms with van der Waals surface area (Å²) in [6.45, 7) is 6.33. The maximum Gasteiger partial charge on any atom is 0.223 e. The van der Waals surface area contributed by atoms with Crippen molar-refractivity contribution in [3.63, 3.8) is 0 Å². The maximum absolute atomic E-state index is 13.9. The Kier molecular flexibility index (Phi) is 5.59. The molecule has 1 amide bonds. The third kappa shape index (κ3) is 4.61. The van der Waals surface area contributed by atoms with Crippen molar-refractivity contribution in [2.75, 3.05) is 13.1 Å². The maximum atomic E-state index is 13.9. The predicted octanol–water partition coefficient (Wildman–Crippen LogP) is 4.46. The number of para-hydroxylation sites is 1. The number of fused-ring (bicyclic) bond motifs is 1. The molecule has 2 heterocycles. The molecule has 4 nitrogen and oxygen atoms in total. The molecular weight excluding hydrogens is 367 g/mol.